The van der Waals surface area contributed by atoms with Crippen LogP contribution in [-0.4, -0.2) is 92.9 Å². The minimum Gasteiger partial charge on any atom is -0.447 e. The fraction of sp³-hybridized carbons (Fsp3) is 0.579. The van der Waals surface area contributed by atoms with E-state index in [1.165, 1.54) is 6.26 Å². The highest BCUT2D eigenvalue weighted by Gasteiger charge is 2.57. The summed E-state index contributed by atoms with van der Waals surface area (Å²) in [6, 6.07) is 7.08. The van der Waals surface area contributed by atoms with E-state index in [1.807, 2.05) is 17.0 Å². The average molecular weight is 420 g/mol. The molecule has 4 aliphatic rings. The van der Waals surface area contributed by atoms with Crippen LogP contribution in [0, 0.1) is 5.41 Å². The smallest absolute Gasteiger partial charge is 0.407 e. The molecule has 1 N–H and O–H groups in total. The molecule has 4 heterocycles. The number of hydrogen-bond acceptors (Lipinski definition) is 6. The van der Waals surface area contributed by atoms with Gasteiger partial charge >= 0.3 is 12.1 Å². The zero-order valence-corrected chi connectivity index (χ0v) is 17.1. The van der Waals surface area contributed by atoms with Crippen molar-refractivity contribution < 1.29 is 22.7 Å². The van der Waals surface area contributed by atoms with Crippen molar-refractivity contribution in [2.24, 2.45) is 5.41 Å². The number of carbonyl (C=O) groups excluding carboxylic acids is 2. The maximum Gasteiger partial charge on any atom is 0.407 e. The summed E-state index contributed by atoms with van der Waals surface area (Å²) in [7, 11) is -3.16. The maximum absolute atomic E-state index is 12.6. The van der Waals surface area contributed by atoms with E-state index >= 15 is 0 Å². The van der Waals surface area contributed by atoms with Gasteiger partial charge in [0.25, 0.3) is 0 Å². The van der Waals surface area contributed by atoms with Gasteiger partial charge in [-0.25, -0.2) is 18.0 Å². The number of rotatable bonds is 3. The number of amides is 3. The van der Waals surface area contributed by atoms with Gasteiger partial charge in [-0.1, -0.05) is 12.1 Å². The normalized spacial score (nSPS) is 24.5. The fourth-order valence-electron chi connectivity index (χ4n) is 4.90. The van der Waals surface area contributed by atoms with Crippen molar-refractivity contribution in [3.8, 4) is 0 Å². The Morgan fingerprint density at radius 3 is 2.24 bits per heavy atom. The molecule has 2 spiro atoms. The Hall–Kier alpha value is -2.33. The van der Waals surface area contributed by atoms with Gasteiger partial charge in [-0.3, -0.25) is 4.90 Å². The van der Waals surface area contributed by atoms with Crippen LogP contribution < -0.4 is 5.32 Å². The van der Waals surface area contributed by atoms with Gasteiger partial charge in [-0.05, 0) is 17.7 Å². The Kier molecular flexibility index (Phi) is 3.92. The Balaban J connectivity index is 1.07. The minimum atomic E-state index is -3.16. The van der Waals surface area contributed by atoms with E-state index in [0.29, 0.717) is 24.6 Å². The predicted molar refractivity (Wildman–Crippen MR) is 103 cm³/mol. The van der Waals surface area contributed by atoms with Crippen molar-refractivity contribution in [1.82, 2.24) is 20.0 Å². The van der Waals surface area contributed by atoms with Crippen LogP contribution in [0.2, 0.25) is 0 Å². The van der Waals surface area contributed by atoms with E-state index in [-0.39, 0.29) is 17.0 Å². The van der Waals surface area contributed by atoms with Crippen molar-refractivity contribution >= 4 is 22.0 Å². The van der Waals surface area contributed by atoms with Crippen molar-refractivity contribution in [2.45, 2.75) is 17.0 Å². The predicted octanol–water partition coefficient (Wildman–Crippen LogP) is 0.122. The second-order valence-electron chi connectivity index (χ2n) is 9.04. The molecule has 1 aromatic carbocycles. The maximum atomic E-state index is 12.6. The topological polar surface area (TPSA) is 99.3 Å². The fourth-order valence-corrected chi connectivity index (χ4v) is 5.53. The quantitative estimate of drug-likeness (QED) is 0.746. The number of likely N-dealkylation sites (tertiary alicyclic amines) is 3. The third-order valence-electron chi connectivity index (χ3n) is 6.30. The van der Waals surface area contributed by atoms with Gasteiger partial charge in [0.15, 0.2) is 9.84 Å². The van der Waals surface area contributed by atoms with Crippen LogP contribution >= 0.6 is 0 Å². The first kappa shape index (κ1) is 18.7. The summed E-state index contributed by atoms with van der Waals surface area (Å²) in [5.41, 5.74) is 0.899. The largest absolute Gasteiger partial charge is 0.447 e. The molecule has 0 aliphatic carbocycles. The minimum absolute atomic E-state index is 0.0391. The zero-order chi connectivity index (χ0) is 20.4. The first-order valence-corrected chi connectivity index (χ1v) is 11.5. The lowest BCUT2D eigenvalue weighted by atomic mass is 9.72. The van der Waals surface area contributed by atoms with Gasteiger partial charge in [-0.2, -0.15) is 0 Å². The number of benzene rings is 1. The van der Waals surface area contributed by atoms with E-state index in [2.05, 4.69) is 10.2 Å². The Morgan fingerprint density at radius 2 is 1.69 bits per heavy atom. The highest BCUT2D eigenvalue weighted by Crippen LogP contribution is 2.41. The molecule has 4 aliphatic heterocycles. The summed E-state index contributed by atoms with van der Waals surface area (Å²) < 4.78 is 28.0. The second-order valence-corrected chi connectivity index (χ2v) is 11.1. The number of nitrogens with one attached hydrogen (secondary N) is 1. The van der Waals surface area contributed by atoms with Crippen LogP contribution in [0.15, 0.2) is 29.2 Å². The highest BCUT2D eigenvalue weighted by molar-refractivity contribution is 7.90. The van der Waals surface area contributed by atoms with Gasteiger partial charge in [0.2, 0.25) is 0 Å². The standard InChI is InChI=1S/C19H24N4O5S/c1-29(26,27)15-4-2-14(3-5-15)6-21-7-18(8-21)9-22(10-18)17(25)23-11-19(12-23)13-28-16(24)20-19/h2-5H,6-13H2,1H3,(H,20,24). The average Bonchev–Trinajstić information content (AvgIpc) is 2.96. The second kappa shape index (κ2) is 6.09. The Bertz CT molecular complexity index is 957. The Morgan fingerprint density at radius 1 is 1.07 bits per heavy atom. The van der Waals surface area contributed by atoms with Crippen molar-refractivity contribution in [2.75, 3.05) is 52.1 Å². The molecule has 29 heavy (non-hydrogen) atoms. The molecular weight excluding hydrogens is 396 g/mol. The number of nitrogens with zero attached hydrogens (tertiary/aromatic N) is 3. The summed E-state index contributed by atoms with van der Waals surface area (Å²) in [5, 5.41) is 2.79. The highest BCUT2D eigenvalue weighted by atomic mass is 32.2. The number of sulfone groups is 1. The molecule has 0 saturated carbocycles. The number of alkyl carbamates (subject to hydrolysis) is 1. The van der Waals surface area contributed by atoms with Crippen LogP contribution in [0.3, 0.4) is 0 Å². The molecule has 1 aromatic rings. The zero-order valence-electron chi connectivity index (χ0n) is 16.3. The molecule has 156 valence electrons. The van der Waals surface area contributed by atoms with E-state index in [1.54, 1.807) is 17.0 Å². The van der Waals surface area contributed by atoms with Crippen LogP contribution in [0.1, 0.15) is 5.56 Å². The monoisotopic (exact) mass is 420 g/mol. The van der Waals surface area contributed by atoms with Gasteiger partial charge < -0.3 is 19.9 Å². The number of urea groups is 1. The number of carbonyl (C=O) groups is 2. The van der Waals surface area contributed by atoms with E-state index in [4.69, 9.17) is 4.74 Å². The lowest BCUT2D eigenvalue weighted by Gasteiger charge is -2.61. The molecule has 0 radical (unpaired) electrons. The molecule has 0 aromatic heterocycles. The van der Waals surface area contributed by atoms with Gasteiger partial charge in [0.1, 0.15) is 12.1 Å². The third-order valence-corrected chi connectivity index (χ3v) is 7.43. The van der Waals surface area contributed by atoms with Crippen molar-refractivity contribution in [1.29, 1.82) is 0 Å². The van der Waals surface area contributed by atoms with Crippen molar-refractivity contribution in [3.63, 3.8) is 0 Å². The van der Waals surface area contributed by atoms with Gasteiger partial charge in [0.05, 0.1) is 18.0 Å². The summed E-state index contributed by atoms with van der Waals surface area (Å²) in [4.78, 5) is 30.1. The molecule has 0 bridgehead atoms. The number of ether oxygens (including phenoxy) is 1. The van der Waals surface area contributed by atoms with E-state index in [0.717, 1.165) is 38.3 Å². The van der Waals surface area contributed by atoms with Crippen LogP contribution in [-0.2, 0) is 21.1 Å². The molecule has 4 fully saturated rings. The van der Waals surface area contributed by atoms with Crippen LogP contribution in [0.25, 0.3) is 0 Å². The molecule has 10 heteroatoms. The number of hydrogen-bond donors (Lipinski definition) is 1. The van der Waals surface area contributed by atoms with Crippen molar-refractivity contribution in [3.05, 3.63) is 29.8 Å². The molecule has 0 unspecified atom stereocenters. The van der Waals surface area contributed by atoms with Gasteiger partial charge in [0, 0.05) is 44.4 Å². The lowest BCUT2D eigenvalue weighted by Crippen LogP contribution is -2.77. The third kappa shape index (κ3) is 3.24. The molecule has 3 amide bonds. The van der Waals surface area contributed by atoms with E-state index in [9.17, 15) is 18.0 Å². The molecule has 9 nitrogen and oxygen atoms in total. The summed E-state index contributed by atoms with van der Waals surface area (Å²) in [5.74, 6) is 0. The van der Waals surface area contributed by atoms with Gasteiger partial charge in [-0.15, -0.1) is 0 Å². The first-order valence-electron chi connectivity index (χ1n) is 9.66. The summed E-state index contributed by atoms with van der Waals surface area (Å²) in [6.07, 6.45) is 0.808. The molecule has 4 saturated heterocycles. The molecule has 5 rings (SSSR count). The SMILES string of the molecule is CS(=O)(=O)c1ccc(CN2CC3(C2)CN(C(=O)N2CC4(COC(=O)N4)C2)C3)cc1. The first-order chi connectivity index (χ1) is 13.7. The van der Waals surface area contributed by atoms with Crippen LogP contribution in [0.5, 0.6) is 0 Å². The summed E-state index contributed by atoms with van der Waals surface area (Å²) in [6.45, 7) is 5.56. The van der Waals surface area contributed by atoms with Crippen LogP contribution in [0.4, 0.5) is 9.59 Å². The summed E-state index contributed by atoms with van der Waals surface area (Å²) >= 11 is 0. The molecule has 0 atom stereocenters. The molecular formula is C19H24N4O5S. The number of cyclic esters (lactones) is 1. The van der Waals surface area contributed by atoms with E-state index < -0.39 is 15.9 Å². The Labute approximate surface area is 169 Å². The lowest BCUT2D eigenvalue weighted by molar-refractivity contribution is -0.106.